The highest BCUT2D eigenvalue weighted by molar-refractivity contribution is 6.08. The molecule has 0 saturated carbocycles. The molecule has 2 N–H and O–H groups in total. The van der Waals surface area contributed by atoms with Gasteiger partial charge in [0.05, 0.1) is 11.1 Å². The van der Waals surface area contributed by atoms with E-state index in [2.05, 4.69) is 9.88 Å². The lowest BCUT2D eigenvalue weighted by atomic mass is 9.96. The minimum Gasteiger partial charge on any atom is -0.507 e. The molecule has 4 rings (SSSR count). The molecule has 0 aliphatic carbocycles. The molecule has 0 unspecified atom stereocenters. The van der Waals surface area contributed by atoms with E-state index in [1.54, 1.807) is 12.4 Å². The number of carboxylic acid groups (broad SMARTS) is 1. The largest absolute Gasteiger partial charge is 0.507 e. The molecule has 2 aromatic heterocycles. The highest BCUT2D eigenvalue weighted by atomic mass is 35.5. The Bertz CT molecular complexity index is 1100. The Balaban J connectivity index is 0. The highest BCUT2D eigenvalue weighted by Gasteiger charge is 2.28. The summed E-state index contributed by atoms with van der Waals surface area (Å²) in [5.41, 5.74) is 3.99. The molecule has 0 amide bonds. The molecule has 1 saturated heterocycles. The van der Waals surface area contributed by atoms with Gasteiger partial charge in [0.2, 0.25) is 0 Å². The summed E-state index contributed by atoms with van der Waals surface area (Å²) in [5.74, 6) is -0.839. The molecule has 1 aliphatic rings. The van der Waals surface area contributed by atoms with Crippen molar-refractivity contribution in [1.82, 2.24) is 19.4 Å². The summed E-state index contributed by atoms with van der Waals surface area (Å²) in [6.07, 6.45) is 5.69. The lowest BCUT2D eigenvalue weighted by molar-refractivity contribution is 0.0696. The first kappa shape index (κ1) is 37.1. The van der Waals surface area contributed by atoms with Crippen LogP contribution in [0.3, 0.4) is 0 Å². The van der Waals surface area contributed by atoms with Gasteiger partial charge in [0.25, 0.3) is 0 Å². The van der Waals surface area contributed by atoms with Crippen LogP contribution in [0.25, 0.3) is 22.0 Å². The molecule has 1 aliphatic heterocycles. The van der Waals surface area contributed by atoms with Gasteiger partial charge in [-0.2, -0.15) is 0 Å². The van der Waals surface area contributed by atoms with Crippen LogP contribution in [0, 0.1) is 0 Å². The topological polar surface area (TPSA) is 81.8 Å². The van der Waals surface area contributed by atoms with E-state index in [4.69, 9.17) is 0 Å². The van der Waals surface area contributed by atoms with Crippen LogP contribution in [0.1, 0.15) is 62.2 Å². The predicted molar refractivity (Wildman–Crippen MR) is 161 cm³/mol. The molecule has 1 fully saturated rings. The summed E-state index contributed by atoms with van der Waals surface area (Å²) in [5, 5.41) is 22.0. The number of phenols is 1. The Morgan fingerprint density at radius 3 is 2.16 bits per heavy atom. The second-order valence-corrected chi connectivity index (χ2v) is 8.29. The van der Waals surface area contributed by atoms with Gasteiger partial charge >= 0.3 is 5.97 Å². The lowest BCUT2D eigenvalue weighted by Crippen LogP contribution is -2.21. The second-order valence-electron chi connectivity index (χ2n) is 8.29. The summed E-state index contributed by atoms with van der Waals surface area (Å²) in [4.78, 5) is 20.8. The zero-order valence-electron chi connectivity index (χ0n) is 22.9. The fourth-order valence-corrected chi connectivity index (χ4v) is 4.49. The Morgan fingerprint density at radius 1 is 1.08 bits per heavy atom. The van der Waals surface area contributed by atoms with Crippen LogP contribution >= 0.6 is 37.2 Å². The van der Waals surface area contributed by atoms with Crippen molar-refractivity contribution in [2.24, 2.45) is 7.05 Å². The van der Waals surface area contributed by atoms with Crippen LogP contribution in [-0.2, 0) is 20.1 Å². The van der Waals surface area contributed by atoms with Crippen molar-refractivity contribution in [2.45, 2.75) is 53.6 Å². The number of rotatable bonds is 6. The van der Waals surface area contributed by atoms with E-state index < -0.39 is 5.97 Å². The van der Waals surface area contributed by atoms with Gasteiger partial charge < -0.3 is 19.7 Å². The number of pyridine rings is 1. The number of halogens is 3. The maximum absolute atomic E-state index is 12.4. The highest BCUT2D eigenvalue weighted by Crippen LogP contribution is 2.41. The molecule has 37 heavy (non-hydrogen) atoms. The van der Waals surface area contributed by atoms with E-state index in [1.165, 1.54) is 0 Å². The maximum atomic E-state index is 12.4. The van der Waals surface area contributed by atoms with E-state index >= 15 is 0 Å². The number of hydrogen-bond donors (Lipinski definition) is 2. The number of benzene rings is 1. The van der Waals surface area contributed by atoms with Crippen LogP contribution in [0.2, 0.25) is 0 Å². The number of carbonyl (C=O) groups is 1. The quantitative estimate of drug-likeness (QED) is 0.343. The third-order valence-electron chi connectivity index (χ3n) is 5.92. The standard InChI is InChI=1S/C23H28N4O3.2C2H6.3ClH/c1-25(2)13-17-20-18(11-16(22(17)28)15-7-6-8-24-12-15)26(3)19(21(20)23(29)30)14-27-9-4-5-10-27;2*1-2;;;/h6-8,11-12,28H,4-5,9-10,13-14H2,1-3H3,(H,29,30);2*1-2H3;3*1H. The number of fused-ring (bicyclic) bond motifs is 1. The number of phenolic OH excluding ortho intramolecular Hbond substituents is 1. The zero-order chi connectivity index (χ0) is 25.4. The number of aromatic nitrogens is 2. The number of hydrogen-bond acceptors (Lipinski definition) is 5. The van der Waals surface area contributed by atoms with E-state index in [9.17, 15) is 15.0 Å². The molecule has 3 aromatic rings. The van der Waals surface area contributed by atoms with Crippen molar-refractivity contribution < 1.29 is 15.0 Å². The molecule has 0 spiro atoms. The van der Waals surface area contributed by atoms with Gasteiger partial charge in [0, 0.05) is 60.3 Å². The fourth-order valence-electron chi connectivity index (χ4n) is 4.49. The molecule has 0 radical (unpaired) electrons. The third-order valence-corrected chi connectivity index (χ3v) is 5.92. The minimum atomic E-state index is -0.955. The van der Waals surface area contributed by atoms with Crippen LogP contribution < -0.4 is 0 Å². The number of aryl methyl sites for hydroxylation is 1. The van der Waals surface area contributed by atoms with Crippen molar-refractivity contribution in [3.8, 4) is 16.9 Å². The first-order chi connectivity index (χ1) is 16.4. The molecule has 10 heteroatoms. The number of likely N-dealkylation sites (tertiary alicyclic amines) is 1. The van der Waals surface area contributed by atoms with Gasteiger partial charge in [-0.3, -0.25) is 9.88 Å². The van der Waals surface area contributed by atoms with Gasteiger partial charge in [0.15, 0.2) is 0 Å². The first-order valence-corrected chi connectivity index (χ1v) is 12.2. The molecular formula is C27H43Cl3N4O3. The first-order valence-electron chi connectivity index (χ1n) is 12.2. The molecule has 0 atom stereocenters. The van der Waals surface area contributed by atoms with Crippen LogP contribution in [0.4, 0.5) is 0 Å². The summed E-state index contributed by atoms with van der Waals surface area (Å²) in [7, 11) is 5.75. The Morgan fingerprint density at radius 2 is 1.68 bits per heavy atom. The van der Waals surface area contributed by atoms with Gasteiger partial charge in [-0.15, -0.1) is 37.2 Å². The number of aromatic carboxylic acids is 1. The molecule has 1 aromatic carbocycles. The van der Waals surface area contributed by atoms with Gasteiger partial charge in [-0.1, -0.05) is 33.8 Å². The van der Waals surface area contributed by atoms with E-state index in [-0.39, 0.29) is 43.0 Å². The van der Waals surface area contributed by atoms with Crippen molar-refractivity contribution in [3.63, 3.8) is 0 Å². The third kappa shape index (κ3) is 8.23. The Hall–Kier alpha value is -2.03. The van der Waals surface area contributed by atoms with E-state index in [0.29, 0.717) is 35.2 Å². The lowest BCUT2D eigenvalue weighted by Gasteiger charge is -2.16. The van der Waals surface area contributed by atoms with Gasteiger partial charge in [-0.05, 0) is 52.2 Å². The van der Waals surface area contributed by atoms with E-state index in [1.807, 2.05) is 76.5 Å². The second kappa shape index (κ2) is 17.5. The SMILES string of the molecule is CC.CC.CN(C)Cc1c(O)c(-c2cccnc2)cc2c1c(C(=O)O)c(CN1CCCC1)n2C.Cl.Cl.Cl. The summed E-state index contributed by atoms with van der Waals surface area (Å²) in [6.45, 7) is 11.0. The van der Waals surface area contributed by atoms with Crippen LogP contribution in [0.5, 0.6) is 5.75 Å². The van der Waals surface area contributed by atoms with Crippen LogP contribution in [0.15, 0.2) is 30.6 Å². The van der Waals surface area contributed by atoms with Gasteiger partial charge in [0.1, 0.15) is 5.75 Å². The normalized spacial score (nSPS) is 12.3. The smallest absolute Gasteiger partial charge is 0.338 e. The van der Waals surface area contributed by atoms with E-state index in [0.717, 1.165) is 42.7 Å². The molecule has 210 valence electrons. The minimum absolute atomic E-state index is 0. The fraction of sp³-hybridized carbons (Fsp3) is 0.481. The maximum Gasteiger partial charge on any atom is 0.338 e. The molecule has 0 bridgehead atoms. The average molecular weight is 578 g/mol. The predicted octanol–water partition coefficient (Wildman–Crippen LogP) is 6.62. The summed E-state index contributed by atoms with van der Waals surface area (Å²) >= 11 is 0. The molecular weight excluding hydrogens is 535 g/mol. The monoisotopic (exact) mass is 576 g/mol. The zero-order valence-corrected chi connectivity index (χ0v) is 25.4. The summed E-state index contributed by atoms with van der Waals surface area (Å²) in [6, 6.07) is 5.62. The average Bonchev–Trinajstić information content (AvgIpc) is 3.45. The number of aromatic hydroxyl groups is 1. The number of nitrogens with zero attached hydrogens (tertiary/aromatic N) is 4. The Labute approximate surface area is 240 Å². The number of carboxylic acids is 1. The van der Waals surface area contributed by atoms with Crippen molar-refractivity contribution in [1.29, 1.82) is 0 Å². The van der Waals surface area contributed by atoms with Gasteiger partial charge in [-0.25, -0.2) is 4.79 Å². The van der Waals surface area contributed by atoms with Crippen molar-refractivity contribution in [2.75, 3.05) is 27.2 Å². The van der Waals surface area contributed by atoms with Crippen molar-refractivity contribution in [3.05, 3.63) is 47.4 Å². The summed E-state index contributed by atoms with van der Waals surface area (Å²) < 4.78 is 1.98. The Kier molecular flexibility index (Phi) is 17.5. The molecule has 7 nitrogen and oxygen atoms in total. The van der Waals surface area contributed by atoms with Crippen LogP contribution in [-0.4, -0.2) is 62.7 Å². The van der Waals surface area contributed by atoms with Crippen molar-refractivity contribution >= 4 is 54.1 Å². The molecule has 3 heterocycles.